The number of carbonyl (C=O) groups is 1. The quantitative estimate of drug-likeness (QED) is 0.694. The Morgan fingerprint density at radius 2 is 2.38 bits per heavy atom. The molecular formula is C9H16ClNO2. The number of piperidine rings is 1. The molecule has 0 aromatic heterocycles. The second-order valence-corrected chi connectivity index (χ2v) is 3.85. The number of hydrogen-bond donors (Lipinski definition) is 1. The van der Waals surface area contributed by atoms with E-state index in [2.05, 4.69) is 0 Å². The van der Waals surface area contributed by atoms with E-state index in [1.165, 1.54) is 0 Å². The third-order valence-electron chi connectivity index (χ3n) is 2.44. The number of aliphatic hydroxyl groups is 1. The molecular weight excluding hydrogens is 190 g/mol. The zero-order valence-electron chi connectivity index (χ0n) is 7.71. The number of likely N-dealkylation sites (tertiary alicyclic amines) is 1. The zero-order valence-corrected chi connectivity index (χ0v) is 8.46. The van der Waals surface area contributed by atoms with Gasteiger partial charge in [0.05, 0.1) is 0 Å². The van der Waals surface area contributed by atoms with Crippen molar-refractivity contribution in [1.82, 2.24) is 4.90 Å². The van der Waals surface area contributed by atoms with Crippen molar-refractivity contribution in [1.29, 1.82) is 0 Å². The van der Waals surface area contributed by atoms with Crippen molar-refractivity contribution in [3.8, 4) is 0 Å². The largest absolute Gasteiger partial charge is 0.396 e. The molecule has 1 heterocycles. The molecule has 4 heteroatoms. The number of nitrogens with zero attached hydrogens (tertiary/aromatic N) is 1. The number of aliphatic hydroxyl groups excluding tert-OH is 1. The molecule has 1 aliphatic rings. The van der Waals surface area contributed by atoms with Crippen LogP contribution in [-0.4, -0.2) is 41.5 Å². The summed E-state index contributed by atoms with van der Waals surface area (Å²) in [6.45, 7) is 1.71. The van der Waals surface area contributed by atoms with Crippen LogP contribution in [0.3, 0.4) is 0 Å². The molecule has 3 nitrogen and oxygen atoms in total. The molecule has 1 fully saturated rings. The number of hydrogen-bond acceptors (Lipinski definition) is 2. The molecule has 0 aliphatic carbocycles. The van der Waals surface area contributed by atoms with E-state index in [4.69, 9.17) is 16.7 Å². The zero-order chi connectivity index (χ0) is 9.68. The van der Waals surface area contributed by atoms with Crippen molar-refractivity contribution in [2.75, 3.05) is 25.6 Å². The minimum Gasteiger partial charge on any atom is -0.396 e. The van der Waals surface area contributed by atoms with Gasteiger partial charge in [0.2, 0.25) is 5.91 Å². The Balaban J connectivity index is 2.37. The van der Waals surface area contributed by atoms with Crippen LogP contribution in [0.25, 0.3) is 0 Å². The first-order chi connectivity index (χ1) is 6.27. The molecule has 0 saturated carbocycles. The maximum atomic E-state index is 11.4. The molecule has 1 aliphatic heterocycles. The van der Waals surface area contributed by atoms with E-state index in [9.17, 15) is 4.79 Å². The second-order valence-electron chi connectivity index (χ2n) is 3.47. The summed E-state index contributed by atoms with van der Waals surface area (Å²) in [4.78, 5) is 13.2. The molecule has 1 atom stereocenters. The van der Waals surface area contributed by atoms with Crippen LogP contribution in [0.2, 0.25) is 0 Å². The molecule has 13 heavy (non-hydrogen) atoms. The average Bonchev–Trinajstić information content (AvgIpc) is 2.18. The molecule has 1 unspecified atom stereocenters. The number of amides is 1. The SMILES string of the molecule is O=C(CCCl)N1CCCC(CO)C1. The smallest absolute Gasteiger partial charge is 0.223 e. The molecule has 1 saturated heterocycles. The van der Waals surface area contributed by atoms with Gasteiger partial charge in [-0.15, -0.1) is 11.6 Å². The molecule has 0 aromatic rings. The highest BCUT2D eigenvalue weighted by molar-refractivity contribution is 6.18. The van der Waals surface area contributed by atoms with Crippen molar-refractivity contribution >= 4 is 17.5 Å². The predicted octanol–water partition coefficient (Wildman–Crippen LogP) is 0.846. The van der Waals surface area contributed by atoms with Crippen LogP contribution in [0, 0.1) is 5.92 Å². The van der Waals surface area contributed by atoms with Gasteiger partial charge in [-0.25, -0.2) is 0 Å². The van der Waals surface area contributed by atoms with Crippen molar-refractivity contribution in [3.63, 3.8) is 0 Å². The van der Waals surface area contributed by atoms with Gasteiger partial charge >= 0.3 is 0 Å². The van der Waals surface area contributed by atoms with E-state index in [1.807, 2.05) is 4.90 Å². The lowest BCUT2D eigenvalue weighted by Crippen LogP contribution is -2.40. The van der Waals surface area contributed by atoms with Crippen LogP contribution >= 0.6 is 11.6 Å². The van der Waals surface area contributed by atoms with Gasteiger partial charge in [-0.1, -0.05) is 0 Å². The van der Waals surface area contributed by atoms with Crippen LogP contribution < -0.4 is 0 Å². The molecule has 1 amide bonds. The summed E-state index contributed by atoms with van der Waals surface area (Å²) in [7, 11) is 0. The normalized spacial score (nSPS) is 23.2. The summed E-state index contributed by atoms with van der Waals surface area (Å²) < 4.78 is 0. The first-order valence-electron chi connectivity index (χ1n) is 4.72. The molecule has 1 rings (SSSR count). The number of rotatable bonds is 3. The maximum Gasteiger partial charge on any atom is 0.223 e. The highest BCUT2D eigenvalue weighted by atomic mass is 35.5. The van der Waals surface area contributed by atoms with E-state index in [-0.39, 0.29) is 18.4 Å². The van der Waals surface area contributed by atoms with Gasteiger partial charge in [-0.2, -0.15) is 0 Å². The summed E-state index contributed by atoms with van der Waals surface area (Å²) in [6, 6.07) is 0. The fourth-order valence-corrected chi connectivity index (χ4v) is 1.84. The Bertz CT molecular complexity index is 175. The third kappa shape index (κ3) is 3.16. The Kier molecular flexibility index (Phi) is 4.53. The summed E-state index contributed by atoms with van der Waals surface area (Å²) in [6.07, 6.45) is 2.44. The summed E-state index contributed by atoms with van der Waals surface area (Å²) in [5.41, 5.74) is 0. The van der Waals surface area contributed by atoms with Gasteiger partial charge in [0, 0.05) is 32.0 Å². The predicted molar refractivity (Wildman–Crippen MR) is 51.7 cm³/mol. The van der Waals surface area contributed by atoms with Crippen LogP contribution in [0.1, 0.15) is 19.3 Å². The maximum absolute atomic E-state index is 11.4. The summed E-state index contributed by atoms with van der Waals surface area (Å²) >= 11 is 5.49. The first-order valence-corrected chi connectivity index (χ1v) is 5.26. The highest BCUT2D eigenvalue weighted by Crippen LogP contribution is 2.16. The Morgan fingerprint density at radius 1 is 1.62 bits per heavy atom. The Labute approximate surface area is 83.7 Å². The van der Waals surface area contributed by atoms with Gasteiger partial charge < -0.3 is 10.0 Å². The fourth-order valence-electron chi connectivity index (χ4n) is 1.68. The first kappa shape index (κ1) is 10.8. The van der Waals surface area contributed by atoms with Crippen molar-refractivity contribution in [2.45, 2.75) is 19.3 Å². The Morgan fingerprint density at radius 3 is 3.00 bits per heavy atom. The van der Waals surface area contributed by atoms with E-state index < -0.39 is 0 Å². The molecule has 0 radical (unpaired) electrons. The van der Waals surface area contributed by atoms with Gasteiger partial charge in [-0.3, -0.25) is 4.79 Å². The van der Waals surface area contributed by atoms with Crippen LogP contribution in [-0.2, 0) is 4.79 Å². The van der Waals surface area contributed by atoms with E-state index >= 15 is 0 Å². The van der Waals surface area contributed by atoms with Gasteiger partial charge in [0.1, 0.15) is 0 Å². The van der Waals surface area contributed by atoms with E-state index in [0.29, 0.717) is 18.8 Å². The topological polar surface area (TPSA) is 40.5 Å². The fraction of sp³-hybridized carbons (Fsp3) is 0.889. The van der Waals surface area contributed by atoms with Crippen molar-refractivity contribution < 1.29 is 9.90 Å². The molecule has 0 spiro atoms. The second kappa shape index (κ2) is 5.45. The number of carbonyl (C=O) groups excluding carboxylic acids is 1. The molecule has 1 N–H and O–H groups in total. The summed E-state index contributed by atoms with van der Waals surface area (Å²) in [5.74, 6) is 0.778. The van der Waals surface area contributed by atoms with Crippen LogP contribution in [0.5, 0.6) is 0 Å². The lowest BCUT2D eigenvalue weighted by atomic mass is 9.99. The number of alkyl halides is 1. The lowest BCUT2D eigenvalue weighted by molar-refractivity contribution is -0.132. The van der Waals surface area contributed by atoms with Crippen molar-refractivity contribution in [2.24, 2.45) is 5.92 Å². The average molecular weight is 206 g/mol. The number of halogens is 1. The van der Waals surface area contributed by atoms with Gasteiger partial charge in [0.15, 0.2) is 0 Å². The van der Waals surface area contributed by atoms with Gasteiger partial charge in [-0.05, 0) is 18.8 Å². The van der Waals surface area contributed by atoms with E-state index in [1.54, 1.807) is 0 Å². The van der Waals surface area contributed by atoms with Crippen molar-refractivity contribution in [3.05, 3.63) is 0 Å². The molecule has 0 aromatic carbocycles. The highest BCUT2D eigenvalue weighted by Gasteiger charge is 2.22. The standard InChI is InChI=1S/C9H16ClNO2/c10-4-3-9(13)11-5-1-2-8(6-11)7-12/h8,12H,1-7H2. The van der Waals surface area contributed by atoms with E-state index in [0.717, 1.165) is 19.4 Å². The minimum atomic E-state index is 0.119. The van der Waals surface area contributed by atoms with Gasteiger partial charge in [0.25, 0.3) is 0 Å². The Hall–Kier alpha value is -0.280. The van der Waals surface area contributed by atoms with Crippen LogP contribution in [0.15, 0.2) is 0 Å². The third-order valence-corrected chi connectivity index (χ3v) is 2.63. The molecule has 0 bridgehead atoms. The summed E-state index contributed by atoms with van der Waals surface area (Å²) in [5, 5.41) is 8.96. The monoisotopic (exact) mass is 205 g/mol. The lowest BCUT2D eigenvalue weighted by Gasteiger charge is -2.31. The van der Waals surface area contributed by atoms with Crippen LogP contribution in [0.4, 0.5) is 0 Å². The molecule has 76 valence electrons. The minimum absolute atomic E-state index is 0.119.